The van der Waals surface area contributed by atoms with Crippen LogP contribution in [0, 0.1) is 34.0 Å². The molecular formula is C21H34O3. The van der Waals surface area contributed by atoms with Gasteiger partial charge in [-0.1, -0.05) is 41.5 Å². The smallest absolute Gasteiger partial charge is 0.310 e. The second kappa shape index (κ2) is 4.39. The third-order valence-corrected chi connectivity index (χ3v) is 7.79. The maximum absolute atomic E-state index is 13.2. The number of hydrogen-bond acceptors (Lipinski definition) is 3. The lowest BCUT2D eigenvalue weighted by Gasteiger charge is -2.70. The summed E-state index contributed by atoms with van der Waals surface area (Å²) in [4.78, 5) is 13.2. The summed E-state index contributed by atoms with van der Waals surface area (Å²) in [5.41, 5.74) is -0.786. The summed E-state index contributed by atoms with van der Waals surface area (Å²) in [6.45, 7) is 13.0. The minimum atomic E-state index is -0.527. The van der Waals surface area contributed by atoms with Crippen molar-refractivity contribution in [3.8, 4) is 0 Å². The molecule has 1 spiro atoms. The van der Waals surface area contributed by atoms with Gasteiger partial charge in [-0.15, -0.1) is 0 Å². The van der Waals surface area contributed by atoms with Crippen molar-refractivity contribution in [2.45, 2.75) is 91.3 Å². The van der Waals surface area contributed by atoms with Crippen molar-refractivity contribution >= 4 is 5.97 Å². The molecule has 3 heteroatoms. The van der Waals surface area contributed by atoms with Gasteiger partial charge >= 0.3 is 5.97 Å². The number of hydrogen-bond donors (Lipinski definition) is 1. The lowest BCUT2D eigenvalue weighted by atomic mass is 9.36. The quantitative estimate of drug-likeness (QED) is 0.782. The van der Waals surface area contributed by atoms with Gasteiger partial charge in [-0.2, -0.15) is 0 Å². The van der Waals surface area contributed by atoms with Gasteiger partial charge in [-0.3, -0.25) is 4.79 Å². The number of carbonyl (C=O) groups is 1. The summed E-state index contributed by atoms with van der Waals surface area (Å²) < 4.78 is 6.26. The molecule has 4 saturated carbocycles. The Morgan fingerprint density at radius 2 is 1.75 bits per heavy atom. The van der Waals surface area contributed by atoms with E-state index < -0.39 is 5.60 Å². The Morgan fingerprint density at radius 1 is 1.12 bits per heavy atom. The molecule has 136 valence electrons. The fourth-order valence-corrected chi connectivity index (χ4v) is 6.86. The number of rotatable bonds is 3. The number of carbonyl (C=O) groups excluding carboxylic acids is 1. The van der Waals surface area contributed by atoms with Crippen molar-refractivity contribution in [3.63, 3.8) is 0 Å². The minimum absolute atomic E-state index is 0.0309. The monoisotopic (exact) mass is 334 g/mol. The molecule has 4 aliphatic carbocycles. The number of fused-ring (bicyclic) bond motifs is 1. The van der Waals surface area contributed by atoms with Crippen LogP contribution in [-0.4, -0.2) is 22.3 Å². The van der Waals surface area contributed by atoms with E-state index in [0.29, 0.717) is 18.3 Å². The summed E-state index contributed by atoms with van der Waals surface area (Å²) in [5, 5.41) is 11.0. The van der Waals surface area contributed by atoms with Gasteiger partial charge in [0.2, 0.25) is 0 Å². The number of aliphatic hydroxyl groups is 1. The van der Waals surface area contributed by atoms with Crippen molar-refractivity contribution in [2.75, 3.05) is 0 Å². The Kier molecular flexibility index (Phi) is 3.09. The molecule has 4 fully saturated rings. The maximum Gasteiger partial charge on any atom is 0.310 e. The summed E-state index contributed by atoms with van der Waals surface area (Å²) in [7, 11) is 0. The van der Waals surface area contributed by atoms with Crippen LogP contribution in [0.1, 0.15) is 80.1 Å². The summed E-state index contributed by atoms with van der Waals surface area (Å²) in [6, 6.07) is 0. The molecule has 6 unspecified atom stereocenters. The first-order chi connectivity index (χ1) is 10.8. The van der Waals surface area contributed by atoms with E-state index in [1.54, 1.807) is 0 Å². The van der Waals surface area contributed by atoms with E-state index in [-0.39, 0.29) is 33.7 Å². The van der Waals surface area contributed by atoms with Gasteiger partial charge in [0.1, 0.15) is 5.60 Å². The van der Waals surface area contributed by atoms with Gasteiger partial charge in [-0.05, 0) is 54.8 Å². The molecule has 0 heterocycles. The van der Waals surface area contributed by atoms with Crippen LogP contribution in [0.15, 0.2) is 0 Å². The largest absolute Gasteiger partial charge is 0.459 e. The van der Waals surface area contributed by atoms with Gasteiger partial charge in [0.15, 0.2) is 0 Å². The van der Waals surface area contributed by atoms with Gasteiger partial charge in [-0.25, -0.2) is 0 Å². The highest BCUT2D eigenvalue weighted by atomic mass is 16.6. The average Bonchev–Trinajstić information content (AvgIpc) is 2.76. The standard InChI is InChI=1S/C21H34O3/c1-17(2,3)10-15(18(4,5)6)16(22)24-19-8-13-7-14-9-20(23,11-19)21(13,14)12-19/h13-15,23H,7-12H2,1-6H3. The normalized spacial score (nSPS) is 46.8. The first kappa shape index (κ1) is 16.9. The maximum atomic E-state index is 13.2. The molecule has 0 aromatic rings. The van der Waals surface area contributed by atoms with Crippen LogP contribution < -0.4 is 0 Å². The second-order valence-corrected chi connectivity index (χ2v) is 11.8. The Morgan fingerprint density at radius 3 is 2.21 bits per heavy atom. The molecule has 1 N–H and O–H groups in total. The van der Waals surface area contributed by atoms with E-state index in [2.05, 4.69) is 41.5 Å². The zero-order valence-corrected chi connectivity index (χ0v) is 16.2. The highest BCUT2D eigenvalue weighted by Crippen LogP contribution is 2.84. The molecule has 4 rings (SSSR count). The van der Waals surface area contributed by atoms with Crippen LogP contribution in [0.5, 0.6) is 0 Å². The Balaban J connectivity index is 1.53. The lowest BCUT2D eigenvalue weighted by Crippen LogP contribution is -2.71. The SMILES string of the molecule is CC(C)(C)CC(C(=O)OC12CC3CC4CC(O)(C1)C34C2)C(C)(C)C. The molecular weight excluding hydrogens is 300 g/mol. The average molecular weight is 335 g/mol. The number of esters is 1. The number of ether oxygens (including phenoxy) is 1. The second-order valence-electron chi connectivity index (χ2n) is 11.8. The fourth-order valence-electron chi connectivity index (χ4n) is 6.86. The Hall–Kier alpha value is -0.570. The summed E-state index contributed by atoms with van der Waals surface area (Å²) in [5.74, 6) is 1.17. The van der Waals surface area contributed by atoms with Crippen molar-refractivity contribution in [2.24, 2.45) is 34.0 Å². The highest BCUT2D eigenvalue weighted by Gasteiger charge is 2.85. The summed E-state index contributed by atoms with van der Waals surface area (Å²) >= 11 is 0. The topological polar surface area (TPSA) is 46.5 Å². The third kappa shape index (κ3) is 2.03. The van der Waals surface area contributed by atoms with E-state index >= 15 is 0 Å². The molecule has 3 nitrogen and oxygen atoms in total. The van der Waals surface area contributed by atoms with E-state index in [9.17, 15) is 9.90 Å². The Labute approximate surface area is 146 Å². The molecule has 24 heavy (non-hydrogen) atoms. The molecule has 0 amide bonds. The zero-order valence-electron chi connectivity index (χ0n) is 16.2. The molecule has 0 aliphatic heterocycles. The minimum Gasteiger partial charge on any atom is -0.459 e. The van der Waals surface area contributed by atoms with Crippen LogP contribution >= 0.6 is 0 Å². The molecule has 0 aromatic carbocycles. The molecule has 2 bridgehead atoms. The highest BCUT2D eigenvalue weighted by molar-refractivity contribution is 5.74. The van der Waals surface area contributed by atoms with Crippen molar-refractivity contribution in [1.29, 1.82) is 0 Å². The van der Waals surface area contributed by atoms with E-state index in [4.69, 9.17) is 4.74 Å². The fraction of sp³-hybridized carbons (Fsp3) is 0.952. The molecule has 4 aliphatic rings. The molecule has 0 aromatic heterocycles. The molecule has 0 saturated heterocycles. The third-order valence-electron chi connectivity index (χ3n) is 7.79. The zero-order chi connectivity index (χ0) is 17.8. The van der Waals surface area contributed by atoms with Crippen molar-refractivity contribution < 1.29 is 14.6 Å². The van der Waals surface area contributed by atoms with Gasteiger partial charge < -0.3 is 9.84 Å². The van der Waals surface area contributed by atoms with Gasteiger partial charge in [0, 0.05) is 11.8 Å². The predicted molar refractivity (Wildman–Crippen MR) is 93.3 cm³/mol. The van der Waals surface area contributed by atoms with E-state index in [1.165, 1.54) is 6.42 Å². The lowest BCUT2D eigenvalue weighted by molar-refractivity contribution is -0.288. The van der Waals surface area contributed by atoms with Gasteiger partial charge in [0.25, 0.3) is 0 Å². The summed E-state index contributed by atoms with van der Waals surface area (Å²) in [6.07, 6.45) is 5.62. The predicted octanol–water partition coefficient (Wildman–Crippen LogP) is 4.32. The Bertz CT molecular complexity index is 583. The van der Waals surface area contributed by atoms with Gasteiger partial charge in [0.05, 0.1) is 11.5 Å². The van der Waals surface area contributed by atoms with Crippen LogP contribution in [-0.2, 0) is 9.53 Å². The van der Waals surface area contributed by atoms with Crippen molar-refractivity contribution in [1.82, 2.24) is 0 Å². The molecule has 6 atom stereocenters. The van der Waals surface area contributed by atoms with E-state index in [1.807, 2.05) is 0 Å². The van der Waals surface area contributed by atoms with Crippen LogP contribution in [0.2, 0.25) is 0 Å². The van der Waals surface area contributed by atoms with Crippen molar-refractivity contribution in [3.05, 3.63) is 0 Å². The van der Waals surface area contributed by atoms with E-state index in [0.717, 1.165) is 25.7 Å². The van der Waals surface area contributed by atoms with Crippen LogP contribution in [0.25, 0.3) is 0 Å². The van der Waals surface area contributed by atoms with Crippen LogP contribution in [0.4, 0.5) is 0 Å². The van der Waals surface area contributed by atoms with Crippen LogP contribution in [0.3, 0.4) is 0 Å². The first-order valence-electron chi connectivity index (χ1n) is 9.76. The first-order valence-corrected chi connectivity index (χ1v) is 9.76. The molecule has 0 radical (unpaired) electrons.